The first-order valence-corrected chi connectivity index (χ1v) is 8.62. The number of thioether (sulfide) groups is 1. The molecule has 114 valence electrons. The molecule has 2 aromatic rings. The van der Waals surface area contributed by atoms with Gasteiger partial charge in [0.1, 0.15) is 0 Å². The normalized spacial score (nSPS) is 14.8. The minimum Gasteiger partial charge on any atom is -0.323 e. The monoisotopic (exact) mass is 306 g/mol. The van der Waals surface area contributed by atoms with Gasteiger partial charge in [0, 0.05) is 12.2 Å². The van der Waals surface area contributed by atoms with Crippen molar-refractivity contribution in [1.29, 1.82) is 0 Å². The average Bonchev–Trinajstić information content (AvgIpc) is 3.16. The molecule has 0 atom stereocenters. The Labute approximate surface area is 129 Å². The van der Waals surface area contributed by atoms with Crippen LogP contribution in [0.15, 0.2) is 5.16 Å². The molecule has 1 saturated carbocycles. The highest BCUT2D eigenvalue weighted by molar-refractivity contribution is 7.98. The molecule has 0 saturated heterocycles. The number of unbranched alkanes of at least 4 members (excludes halogenated alkanes) is 1. The van der Waals surface area contributed by atoms with Gasteiger partial charge in [0.05, 0.1) is 17.5 Å². The van der Waals surface area contributed by atoms with Crippen LogP contribution in [0, 0.1) is 13.8 Å². The standard InChI is InChI=1S/C14H22N6S/c1-4-5-8-19-11(3)10(2)15-14(19)21-9-13-16-17-18-20(13)12-6-7-12/h12H,4-9H2,1-3H3. The van der Waals surface area contributed by atoms with Crippen molar-refractivity contribution in [3.05, 3.63) is 17.2 Å². The molecule has 0 bridgehead atoms. The second-order valence-corrected chi connectivity index (χ2v) is 6.57. The van der Waals surface area contributed by atoms with E-state index in [0.717, 1.165) is 29.0 Å². The lowest BCUT2D eigenvalue weighted by molar-refractivity contribution is 0.574. The van der Waals surface area contributed by atoms with Crippen LogP contribution in [-0.2, 0) is 12.3 Å². The molecule has 6 nitrogen and oxygen atoms in total. The SMILES string of the molecule is CCCCn1c(SCc2nnnn2C2CC2)nc(C)c1C. The summed E-state index contributed by atoms with van der Waals surface area (Å²) in [6, 6.07) is 0.527. The Balaban J connectivity index is 1.72. The fourth-order valence-corrected chi connectivity index (χ4v) is 3.39. The van der Waals surface area contributed by atoms with Crippen molar-refractivity contribution in [1.82, 2.24) is 29.8 Å². The molecule has 0 amide bonds. The lowest BCUT2D eigenvalue weighted by atomic mass is 10.3. The summed E-state index contributed by atoms with van der Waals surface area (Å²) in [6.45, 7) is 7.49. The van der Waals surface area contributed by atoms with Crippen molar-refractivity contribution in [2.75, 3.05) is 0 Å². The van der Waals surface area contributed by atoms with Gasteiger partial charge >= 0.3 is 0 Å². The van der Waals surface area contributed by atoms with Gasteiger partial charge in [-0.3, -0.25) is 0 Å². The molecular weight excluding hydrogens is 284 g/mol. The number of nitrogens with zero attached hydrogens (tertiary/aromatic N) is 6. The highest BCUT2D eigenvalue weighted by atomic mass is 32.2. The van der Waals surface area contributed by atoms with Crippen LogP contribution in [-0.4, -0.2) is 29.8 Å². The van der Waals surface area contributed by atoms with E-state index >= 15 is 0 Å². The first-order valence-electron chi connectivity index (χ1n) is 7.64. The van der Waals surface area contributed by atoms with Crippen molar-refractivity contribution >= 4 is 11.8 Å². The number of tetrazole rings is 1. The van der Waals surface area contributed by atoms with Gasteiger partial charge in [0.15, 0.2) is 11.0 Å². The van der Waals surface area contributed by atoms with Gasteiger partial charge in [-0.05, 0) is 43.5 Å². The van der Waals surface area contributed by atoms with Crippen molar-refractivity contribution < 1.29 is 0 Å². The van der Waals surface area contributed by atoms with Crippen molar-refractivity contribution in [2.45, 2.75) is 70.0 Å². The largest absolute Gasteiger partial charge is 0.323 e. The third-order valence-electron chi connectivity index (χ3n) is 3.94. The second-order valence-electron chi connectivity index (χ2n) is 5.63. The highest BCUT2D eigenvalue weighted by Crippen LogP contribution is 2.35. The zero-order valence-corrected chi connectivity index (χ0v) is 13.7. The predicted octanol–water partition coefficient (Wildman–Crippen LogP) is 2.91. The fraction of sp³-hybridized carbons (Fsp3) is 0.714. The first kappa shape index (κ1) is 14.6. The molecule has 3 rings (SSSR count). The highest BCUT2D eigenvalue weighted by Gasteiger charge is 2.27. The molecule has 1 fully saturated rings. The van der Waals surface area contributed by atoms with E-state index in [1.54, 1.807) is 11.8 Å². The zero-order valence-electron chi connectivity index (χ0n) is 12.9. The quantitative estimate of drug-likeness (QED) is 0.736. The Morgan fingerprint density at radius 2 is 2.10 bits per heavy atom. The van der Waals surface area contributed by atoms with Gasteiger partial charge in [-0.25, -0.2) is 9.67 Å². The maximum atomic E-state index is 4.70. The molecule has 1 aliphatic rings. The Bertz CT molecular complexity index is 613. The van der Waals surface area contributed by atoms with Crippen LogP contribution in [0.25, 0.3) is 0 Å². The topological polar surface area (TPSA) is 61.4 Å². The number of aryl methyl sites for hydroxylation is 1. The van der Waals surface area contributed by atoms with E-state index in [2.05, 4.69) is 40.9 Å². The van der Waals surface area contributed by atoms with E-state index in [4.69, 9.17) is 4.98 Å². The summed E-state index contributed by atoms with van der Waals surface area (Å²) < 4.78 is 4.31. The van der Waals surface area contributed by atoms with Crippen LogP contribution in [0.2, 0.25) is 0 Å². The molecule has 0 radical (unpaired) electrons. The lowest BCUT2D eigenvalue weighted by Gasteiger charge is -2.09. The Kier molecular flexibility index (Phi) is 4.28. The second kappa shape index (κ2) is 6.17. The molecule has 2 heterocycles. The summed E-state index contributed by atoms with van der Waals surface area (Å²) in [7, 11) is 0. The average molecular weight is 306 g/mol. The van der Waals surface area contributed by atoms with Gasteiger partial charge in [0.2, 0.25) is 0 Å². The third kappa shape index (κ3) is 3.12. The maximum Gasteiger partial charge on any atom is 0.168 e. The molecule has 0 spiro atoms. The molecule has 1 aliphatic carbocycles. The van der Waals surface area contributed by atoms with Gasteiger partial charge in [-0.1, -0.05) is 25.1 Å². The Hall–Kier alpha value is -1.37. The Morgan fingerprint density at radius 3 is 2.81 bits per heavy atom. The van der Waals surface area contributed by atoms with E-state index in [-0.39, 0.29) is 0 Å². The van der Waals surface area contributed by atoms with Crippen LogP contribution in [0.3, 0.4) is 0 Å². The molecule has 0 unspecified atom stereocenters. The summed E-state index contributed by atoms with van der Waals surface area (Å²) in [4.78, 5) is 4.70. The fourth-order valence-electron chi connectivity index (χ4n) is 2.35. The summed E-state index contributed by atoms with van der Waals surface area (Å²) >= 11 is 1.74. The van der Waals surface area contributed by atoms with Gasteiger partial charge in [-0.15, -0.1) is 5.10 Å². The lowest BCUT2D eigenvalue weighted by Crippen LogP contribution is -2.04. The van der Waals surface area contributed by atoms with E-state index in [9.17, 15) is 0 Å². The minimum absolute atomic E-state index is 0.527. The van der Waals surface area contributed by atoms with Gasteiger partial charge in [-0.2, -0.15) is 0 Å². The van der Waals surface area contributed by atoms with E-state index in [1.807, 2.05) is 4.68 Å². The van der Waals surface area contributed by atoms with Crippen LogP contribution in [0.5, 0.6) is 0 Å². The van der Waals surface area contributed by atoms with E-state index < -0.39 is 0 Å². The molecule has 0 N–H and O–H groups in total. The first-order chi connectivity index (χ1) is 10.2. The summed E-state index contributed by atoms with van der Waals surface area (Å²) in [5.41, 5.74) is 2.39. The molecule has 0 aromatic carbocycles. The predicted molar refractivity (Wildman–Crippen MR) is 82.3 cm³/mol. The maximum absolute atomic E-state index is 4.70. The molecule has 21 heavy (non-hydrogen) atoms. The van der Waals surface area contributed by atoms with E-state index in [1.165, 1.54) is 31.4 Å². The smallest absolute Gasteiger partial charge is 0.168 e. The Morgan fingerprint density at radius 1 is 1.29 bits per heavy atom. The molecular formula is C14H22N6S. The summed E-state index contributed by atoms with van der Waals surface area (Å²) in [5, 5.41) is 13.2. The van der Waals surface area contributed by atoms with E-state index in [0.29, 0.717) is 6.04 Å². The zero-order chi connectivity index (χ0) is 14.8. The number of imidazole rings is 1. The molecule has 0 aliphatic heterocycles. The van der Waals surface area contributed by atoms with Gasteiger partial charge in [0.25, 0.3) is 0 Å². The number of aromatic nitrogens is 6. The van der Waals surface area contributed by atoms with Crippen molar-refractivity contribution in [3.8, 4) is 0 Å². The van der Waals surface area contributed by atoms with Gasteiger partial charge < -0.3 is 4.57 Å². The van der Waals surface area contributed by atoms with Crippen molar-refractivity contribution in [2.24, 2.45) is 0 Å². The summed E-state index contributed by atoms with van der Waals surface area (Å²) in [6.07, 6.45) is 4.78. The number of hydrogen-bond acceptors (Lipinski definition) is 5. The summed E-state index contributed by atoms with van der Waals surface area (Å²) in [5.74, 6) is 1.74. The van der Waals surface area contributed by atoms with Crippen LogP contribution in [0.1, 0.15) is 55.9 Å². The number of hydrogen-bond donors (Lipinski definition) is 0. The number of rotatable bonds is 7. The molecule has 7 heteroatoms. The van der Waals surface area contributed by atoms with Crippen LogP contribution < -0.4 is 0 Å². The minimum atomic E-state index is 0.527. The van der Waals surface area contributed by atoms with Crippen LogP contribution >= 0.6 is 11.8 Å². The third-order valence-corrected chi connectivity index (χ3v) is 4.91. The van der Waals surface area contributed by atoms with Crippen LogP contribution in [0.4, 0.5) is 0 Å². The molecule has 2 aromatic heterocycles. The van der Waals surface area contributed by atoms with Crippen molar-refractivity contribution in [3.63, 3.8) is 0 Å².